The molecule has 224 valence electrons. The van der Waals surface area contributed by atoms with Crippen LogP contribution in [0.2, 0.25) is 0 Å². The highest BCUT2D eigenvalue weighted by Crippen LogP contribution is 2.32. The maximum atomic E-state index is 14.0. The Morgan fingerprint density at radius 2 is 1.77 bits per heavy atom. The lowest BCUT2D eigenvalue weighted by Crippen LogP contribution is -2.51. The van der Waals surface area contributed by atoms with Gasteiger partial charge >= 0.3 is 17.9 Å². The lowest BCUT2D eigenvalue weighted by atomic mass is 9.89. The number of rotatable bonds is 5. The van der Waals surface area contributed by atoms with Gasteiger partial charge in [-0.3, -0.25) is 4.57 Å². The van der Waals surface area contributed by atoms with E-state index in [2.05, 4.69) is 29.4 Å². The molecule has 1 fully saturated rings. The number of benzene rings is 2. The second kappa shape index (κ2) is 11.2. The van der Waals surface area contributed by atoms with E-state index < -0.39 is 23.5 Å². The molecule has 0 spiro atoms. The zero-order valence-electron chi connectivity index (χ0n) is 24.4. The number of hydrogen-bond acceptors (Lipinski definition) is 3. The number of alkyl halides is 3. The summed E-state index contributed by atoms with van der Waals surface area (Å²) in [5.41, 5.74) is 0.132. The van der Waals surface area contributed by atoms with Crippen LogP contribution in [-0.2, 0) is 6.18 Å². The molecule has 43 heavy (non-hydrogen) atoms. The quantitative estimate of drug-likeness (QED) is 0.235. The molecule has 2 aromatic carbocycles. The predicted octanol–water partition coefficient (Wildman–Crippen LogP) is 5.80. The molecule has 3 heterocycles. The number of quaternary nitrogens is 1. The fourth-order valence-electron chi connectivity index (χ4n) is 5.74. The Morgan fingerprint density at radius 1 is 1.09 bits per heavy atom. The molecule has 0 aliphatic carbocycles. The molecule has 1 aliphatic rings. The summed E-state index contributed by atoms with van der Waals surface area (Å²) in [7, 11) is 4.34. The average Bonchev–Trinajstić information content (AvgIpc) is 3.54. The van der Waals surface area contributed by atoms with Gasteiger partial charge in [0.15, 0.2) is 5.69 Å². The van der Waals surface area contributed by atoms with Crippen molar-refractivity contribution >= 4 is 11.7 Å². The SMILES string of the molecule is [C-]#[N+]c1ccc(-n2nccc2-c2c(C)n(-c3cccc(C(F)(F)F)c3)c(=O)n2C(=O)NC(C)C2CC[N+](C)(C)CC2)cc1. The molecule has 1 amide bonds. The Kier molecular flexibility index (Phi) is 7.79. The Labute approximate surface area is 247 Å². The molecule has 0 saturated carbocycles. The average molecular weight is 593 g/mol. The van der Waals surface area contributed by atoms with Crippen LogP contribution in [0.1, 0.15) is 31.0 Å². The second-order valence-corrected chi connectivity index (χ2v) is 11.7. The molecule has 9 nitrogen and oxygen atoms in total. The Bertz CT molecular complexity index is 1750. The van der Waals surface area contributed by atoms with Crippen LogP contribution in [0.15, 0.2) is 65.6 Å². The molecular formula is C31H33F3N7O2+. The van der Waals surface area contributed by atoms with E-state index in [-0.39, 0.29) is 29.0 Å². The topological polar surface area (TPSA) is 78.2 Å². The van der Waals surface area contributed by atoms with Crippen molar-refractivity contribution in [2.75, 3.05) is 27.2 Å². The van der Waals surface area contributed by atoms with Crippen molar-refractivity contribution in [2.45, 2.75) is 38.9 Å². The van der Waals surface area contributed by atoms with Gasteiger partial charge in [-0.25, -0.2) is 23.7 Å². The van der Waals surface area contributed by atoms with Crippen molar-refractivity contribution < 1.29 is 22.4 Å². The maximum absolute atomic E-state index is 14.0. The third-order valence-electron chi connectivity index (χ3n) is 8.30. The van der Waals surface area contributed by atoms with Gasteiger partial charge in [-0.1, -0.05) is 18.2 Å². The summed E-state index contributed by atoms with van der Waals surface area (Å²) in [6.07, 6.45) is -1.28. The van der Waals surface area contributed by atoms with E-state index in [0.717, 1.165) is 51.7 Å². The Morgan fingerprint density at radius 3 is 2.40 bits per heavy atom. The minimum Gasteiger partial charge on any atom is -0.335 e. The molecule has 4 aromatic rings. The number of likely N-dealkylation sites (tertiary alicyclic amines) is 1. The minimum absolute atomic E-state index is 0.0158. The number of carbonyl (C=O) groups is 1. The first kappa shape index (κ1) is 29.8. The molecular weight excluding hydrogens is 559 g/mol. The molecule has 1 N–H and O–H groups in total. The number of halogens is 3. The number of aromatic nitrogens is 4. The summed E-state index contributed by atoms with van der Waals surface area (Å²) in [5.74, 6) is 0.215. The Hall–Kier alpha value is -4.63. The Balaban J connectivity index is 1.63. The molecule has 1 atom stereocenters. The smallest absolute Gasteiger partial charge is 0.335 e. The standard InChI is InChI=1S/C31H32F3N7O2/c1-20(22-14-17-41(4,5)18-15-22)37-29(42)39-28(27-13-16-36-40(27)25-11-9-24(35-3)10-12-25)21(2)38(30(39)43)26-8-6-7-23(19-26)31(32,33)34/h6-13,16,19-20,22H,14-15,17-18H2,1-2,4-5H3/p+1. The van der Waals surface area contributed by atoms with Crippen LogP contribution in [-0.4, -0.2) is 62.7 Å². The molecule has 0 bridgehead atoms. The van der Waals surface area contributed by atoms with Crippen molar-refractivity contribution in [2.24, 2.45) is 5.92 Å². The summed E-state index contributed by atoms with van der Waals surface area (Å²) < 4.78 is 45.3. The molecule has 0 radical (unpaired) electrons. The highest BCUT2D eigenvalue weighted by atomic mass is 19.4. The van der Waals surface area contributed by atoms with E-state index in [1.54, 1.807) is 37.3 Å². The molecule has 1 unspecified atom stereocenters. The lowest BCUT2D eigenvalue weighted by Gasteiger charge is -2.39. The van der Waals surface area contributed by atoms with Gasteiger partial charge in [0, 0.05) is 18.9 Å². The van der Waals surface area contributed by atoms with Gasteiger partial charge in [0.1, 0.15) is 5.69 Å². The maximum Gasteiger partial charge on any atom is 0.416 e. The fraction of sp³-hybridized carbons (Fsp3) is 0.355. The van der Waals surface area contributed by atoms with Gasteiger partial charge < -0.3 is 9.80 Å². The number of nitrogens with one attached hydrogen (secondary N) is 1. The van der Waals surface area contributed by atoms with Crippen molar-refractivity contribution in [3.05, 3.63) is 94.0 Å². The van der Waals surface area contributed by atoms with Crippen LogP contribution in [0.3, 0.4) is 0 Å². The van der Waals surface area contributed by atoms with E-state index in [0.29, 0.717) is 17.1 Å². The van der Waals surface area contributed by atoms with Gasteiger partial charge in [0.25, 0.3) is 0 Å². The third-order valence-corrected chi connectivity index (χ3v) is 8.30. The van der Waals surface area contributed by atoms with Gasteiger partial charge in [-0.15, -0.1) is 0 Å². The molecule has 5 rings (SSSR count). The zero-order chi connectivity index (χ0) is 31.1. The first-order valence-corrected chi connectivity index (χ1v) is 14.0. The van der Waals surface area contributed by atoms with Crippen LogP contribution in [0.4, 0.5) is 23.7 Å². The van der Waals surface area contributed by atoms with E-state index >= 15 is 0 Å². The van der Waals surface area contributed by atoms with Crippen LogP contribution < -0.4 is 11.0 Å². The normalized spacial score (nSPS) is 16.0. The molecule has 2 aromatic heterocycles. The third kappa shape index (κ3) is 5.85. The largest absolute Gasteiger partial charge is 0.416 e. The van der Waals surface area contributed by atoms with Crippen molar-refractivity contribution in [1.29, 1.82) is 0 Å². The van der Waals surface area contributed by atoms with Crippen LogP contribution in [0, 0.1) is 19.4 Å². The van der Waals surface area contributed by atoms with Crippen molar-refractivity contribution in [3.63, 3.8) is 0 Å². The monoisotopic (exact) mass is 592 g/mol. The van der Waals surface area contributed by atoms with E-state index in [9.17, 15) is 22.8 Å². The van der Waals surface area contributed by atoms with Gasteiger partial charge in [-0.05, 0) is 56.2 Å². The number of carbonyl (C=O) groups excluding carboxylic acids is 1. The highest BCUT2D eigenvalue weighted by Gasteiger charge is 2.34. The highest BCUT2D eigenvalue weighted by molar-refractivity contribution is 5.83. The summed E-state index contributed by atoms with van der Waals surface area (Å²) in [6.45, 7) is 12.7. The van der Waals surface area contributed by atoms with E-state index in [1.165, 1.54) is 23.0 Å². The molecule has 1 aliphatic heterocycles. The van der Waals surface area contributed by atoms with Gasteiger partial charge in [-0.2, -0.15) is 18.3 Å². The fourth-order valence-corrected chi connectivity index (χ4v) is 5.74. The van der Waals surface area contributed by atoms with E-state index in [4.69, 9.17) is 6.57 Å². The van der Waals surface area contributed by atoms with Crippen molar-refractivity contribution in [3.8, 4) is 22.8 Å². The first-order chi connectivity index (χ1) is 20.3. The number of piperidine rings is 1. The van der Waals surface area contributed by atoms with Crippen molar-refractivity contribution in [1.82, 2.24) is 24.2 Å². The van der Waals surface area contributed by atoms with Crippen LogP contribution >= 0.6 is 0 Å². The predicted molar refractivity (Wildman–Crippen MR) is 157 cm³/mol. The summed E-state index contributed by atoms with van der Waals surface area (Å²) >= 11 is 0. The van der Waals surface area contributed by atoms with Crippen LogP contribution in [0.25, 0.3) is 27.6 Å². The molecule has 12 heteroatoms. The number of amides is 1. The number of imidazole rings is 1. The minimum atomic E-state index is -4.62. The zero-order valence-corrected chi connectivity index (χ0v) is 24.4. The summed E-state index contributed by atoms with van der Waals surface area (Å²) in [5, 5.41) is 7.40. The second-order valence-electron chi connectivity index (χ2n) is 11.7. The van der Waals surface area contributed by atoms with E-state index in [1.807, 2.05) is 6.92 Å². The lowest BCUT2D eigenvalue weighted by molar-refractivity contribution is -0.896. The summed E-state index contributed by atoms with van der Waals surface area (Å²) in [6, 6.07) is 11.8. The summed E-state index contributed by atoms with van der Waals surface area (Å²) in [4.78, 5) is 31.3. The van der Waals surface area contributed by atoms with Gasteiger partial charge in [0.2, 0.25) is 0 Å². The number of nitrogens with zero attached hydrogens (tertiary/aromatic N) is 6. The first-order valence-electron chi connectivity index (χ1n) is 14.0. The number of hydrogen-bond donors (Lipinski definition) is 1. The molecule has 1 saturated heterocycles. The van der Waals surface area contributed by atoms with Gasteiger partial charge in [0.05, 0.1) is 68.3 Å². The van der Waals surface area contributed by atoms with Crippen LogP contribution in [0.5, 0.6) is 0 Å².